The van der Waals surface area contributed by atoms with Gasteiger partial charge < -0.3 is 9.84 Å². The van der Waals surface area contributed by atoms with E-state index in [1.807, 2.05) is 0 Å². The maximum absolute atomic E-state index is 11.5. The predicted molar refractivity (Wildman–Crippen MR) is 59.3 cm³/mol. The second-order valence-corrected chi connectivity index (χ2v) is 5.46. The molecule has 0 spiro atoms. The lowest BCUT2D eigenvalue weighted by Gasteiger charge is -2.26. The monoisotopic (exact) mass is 253 g/mol. The van der Waals surface area contributed by atoms with Crippen LogP contribution in [0.3, 0.4) is 0 Å². The first kappa shape index (κ1) is 15.3. The Morgan fingerprint density at radius 3 is 2.38 bits per heavy atom. The molecule has 1 atom stereocenters. The number of rotatable bonds is 7. The third-order valence-corrected chi connectivity index (χ3v) is 3.56. The summed E-state index contributed by atoms with van der Waals surface area (Å²) in [6.07, 6.45) is 0.422. The van der Waals surface area contributed by atoms with Gasteiger partial charge in [0.2, 0.25) is 10.0 Å². The van der Waals surface area contributed by atoms with Crippen LogP contribution in [0.15, 0.2) is 0 Å². The molecule has 16 heavy (non-hydrogen) atoms. The van der Waals surface area contributed by atoms with Crippen LogP contribution in [0.2, 0.25) is 0 Å². The van der Waals surface area contributed by atoms with Crippen molar-refractivity contribution in [1.29, 1.82) is 0 Å². The van der Waals surface area contributed by atoms with E-state index in [9.17, 15) is 13.2 Å². The van der Waals surface area contributed by atoms with Gasteiger partial charge >= 0.3 is 5.97 Å². The van der Waals surface area contributed by atoms with Crippen molar-refractivity contribution in [2.24, 2.45) is 0 Å². The minimum absolute atomic E-state index is 0.138. The highest BCUT2D eigenvalue weighted by Crippen LogP contribution is 2.09. The Hall–Kier alpha value is -0.660. The average Bonchev–Trinajstić information content (AvgIpc) is 2.16. The number of ether oxygens (including phenoxy) is 1. The molecular formula is C9H19NO5S. The molecule has 0 aromatic carbocycles. The van der Waals surface area contributed by atoms with Crippen molar-refractivity contribution in [3.63, 3.8) is 0 Å². The van der Waals surface area contributed by atoms with Gasteiger partial charge in [0.15, 0.2) is 5.75 Å². The van der Waals surface area contributed by atoms with Crippen LogP contribution in [-0.4, -0.2) is 44.0 Å². The Bertz CT molecular complexity index is 321. The zero-order chi connectivity index (χ0) is 12.8. The SMILES string of the molecule is CCOC(=O)CS(=O)(=O)NC(C)(CC)CO. The zero-order valence-corrected chi connectivity index (χ0v) is 10.6. The number of aliphatic hydroxyl groups excluding tert-OH is 1. The molecule has 6 nitrogen and oxygen atoms in total. The van der Waals surface area contributed by atoms with E-state index in [1.54, 1.807) is 20.8 Å². The molecule has 0 aliphatic heterocycles. The Morgan fingerprint density at radius 2 is 2.00 bits per heavy atom. The minimum Gasteiger partial charge on any atom is -0.465 e. The maximum atomic E-state index is 11.5. The van der Waals surface area contributed by atoms with Crippen LogP contribution in [0, 0.1) is 0 Å². The number of esters is 1. The van der Waals surface area contributed by atoms with Gasteiger partial charge in [0.05, 0.1) is 18.8 Å². The van der Waals surface area contributed by atoms with Gasteiger partial charge in [-0.2, -0.15) is 0 Å². The molecule has 1 unspecified atom stereocenters. The number of carbonyl (C=O) groups excluding carboxylic acids is 1. The molecule has 2 N–H and O–H groups in total. The third kappa shape index (κ3) is 5.43. The van der Waals surface area contributed by atoms with Crippen LogP contribution < -0.4 is 4.72 Å². The molecule has 0 aliphatic rings. The topological polar surface area (TPSA) is 92.7 Å². The number of nitrogens with one attached hydrogen (secondary N) is 1. The highest BCUT2D eigenvalue weighted by Gasteiger charge is 2.29. The summed E-state index contributed by atoms with van der Waals surface area (Å²) in [6.45, 7) is 4.71. The largest absolute Gasteiger partial charge is 0.465 e. The van der Waals surface area contributed by atoms with E-state index in [1.165, 1.54) is 0 Å². The lowest BCUT2D eigenvalue weighted by Crippen LogP contribution is -2.49. The molecule has 0 bridgehead atoms. The third-order valence-electron chi connectivity index (χ3n) is 2.14. The Morgan fingerprint density at radius 1 is 1.44 bits per heavy atom. The van der Waals surface area contributed by atoms with E-state index in [0.29, 0.717) is 6.42 Å². The standard InChI is InChI=1S/C9H19NO5S/c1-4-9(3,7-11)10-16(13,14)6-8(12)15-5-2/h10-11H,4-7H2,1-3H3. The molecule has 0 fully saturated rings. The van der Waals surface area contributed by atoms with Gasteiger partial charge in [-0.1, -0.05) is 6.92 Å². The van der Waals surface area contributed by atoms with Gasteiger partial charge in [0.25, 0.3) is 0 Å². The Kier molecular flexibility index (Phi) is 5.91. The highest BCUT2D eigenvalue weighted by atomic mass is 32.2. The molecule has 0 saturated heterocycles. The first-order valence-electron chi connectivity index (χ1n) is 5.06. The smallest absolute Gasteiger partial charge is 0.322 e. The molecule has 0 heterocycles. The summed E-state index contributed by atoms with van der Waals surface area (Å²) in [5, 5.41) is 9.04. The number of carbonyl (C=O) groups is 1. The van der Waals surface area contributed by atoms with Crippen LogP contribution in [0.25, 0.3) is 0 Å². The van der Waals surface area contributed by atoms with Gasteiger partial charge in [0.1, 0.15) is 0 Å². The van der Waals surface area contributed by atoms with Crippen LogP contribution >= 0.6 is 0 Å². The van der Waals surface area contributed by atoms with Gasteiger partial charge in [-0.25, -0.2) is 13.1 Å². The van der Waals surface area contributed by atoms with E-state index < -0.39 is 27.3 Å². The van der Waals surface area contributed by atoms with Crippen molar-refractivity contribution >= 4 is 16.0 Å². The summed E-state index contributed by atoms with van der Waals surface area (Å²) in [5.41, 5.74) is -0.939. The minimum atomic E-state index is -3.77. The fourth-order valence-corrected chi connectivity index (χ4v) is 2.41. The fourth-order valence-electron chi connectivity index (χ4n) is 0.986. The number of hydrogen-bond acceptors (Lipinski definition) is 5. The zero-order valence-electron chi connectivity index (χ0n) is 9.82. The quantitative estimate of drug-likeness (QED) is 0.604. The van der Waals surface area contributed by atoms with Crippen LogP contribution in [-0.2, 0) is 19.6 Å². The lowest BCUT2D eigenvalue weighted by molar-refractivity contribution is -0.139. The first-order valence-corrected chi connectivity index (χ1v) is 6.72. The van der Waals surface area contributed by atoms with Crippen molar-refractivity contribution < 1.29 is 23.1 Å². The first-order chi connectivity index (χ1) is 7.28. The lowest BCUT2D eigenvalue weighted by atomic mass is 10.0. The second kappa shape index (κ2) is 6.17. The van der Waals surface area contributed by atoms with E-state index >= 15 is 0 Å². The summed E-state index contributed by atoms with van der Waals surface area (Å²) in [5.74, 6) is -1.53. The van der Waals surface area contributed by atoms with Crippen molar-refractivity contribution in [2.75, 3.05) is 19.0 Å². The van der Waals surface area contributed by atoms with Gasteiger partial charge in [-0.3, -0.25) is 4.79 Å². The van der Waals surface area contributed by atoms with Crippen molar-refractivity contribution in [3.8, 4) is 0 Å². The maximum Gasteiger partial charge on any atom is 0.322 e. The summed E-state index contributed by atoms with van der Waals surface area (Å²) in [6, 6.07) is 0. The van der Waals surface area contributed by atoms with Gasteiger partial charge in [-0.05, 0) is 20.3 Å². The molecule has 7 heteroatoms. The molecule has 96 valence electrons. The Balaban J connectivity index is 4.52. The summed E-state index contributed by atoms with van der Waals surface area (Å²) in [4.78, 5) is 11.0. The second-order valence-electron chi connectivity index (χ2n) is 3.74. The summed E-state index contributed by atoms with van der Waals surface area (Å²) >= 11 is 0. The normalized spacial score (nSPS) is 15.5. The van der Waals surface area contributed by atoms with E-state index in [2.05, 4.69) is 9.46 Å². The van der Waals surface area contributed by atoms with Crippen LogP contribution in [0.1, 0.15) is 27.2 Å². The van der Waals surface area contributed by atoms with Crippen molar-refractivity contribution in [3.05, 3.63) is 0 Å². The van der Waals surface area contributed by atoms with Crippen molar-refractivity contribution in [1.82, 2.24) is 4.72 Å². The predicted octanol–water partition coefficient (Wildman–Crippen LogP) is -0.370. The number of aliphatic hydroxyl groups is 1. The molecule has 0 rings (SSSR count). The molecular weight excluding hydrogens is 234 g/mol. The average molecular weight is 253 g/mol. The van der Waals surface area contributed by atoms with Crippen LogP contribution in [0.4, 0.5) is 0 Å². The van der Waals surface area contributed by atoms with Crippen LogP contribution in [0.5, 0.6) is 0 Å². The molecule has 0 amide bonds. The summed E-state index contributed by atoms with van der Waals surface area (Å²) in [7, 11) is -3.77. The molecule has 0 radical (unpaired) electrons. The summed E-state index contributed by atoms with van der Waals surface area (Å²) < 4.78 is 29.9. The number of sulfonamides is 1. The van der Waals surface area contributed by atoms with Gasteiger partial charge in [0, 0.05) is 0 Å². The molecule has 0 aromatic rings. The molecule has 0 aliphatic carbocycles. The van der Waals surface area contributed by atoms with Gasteiger partial charge in [-0.15, -0.1) is 0 Å². The number of hydrogen-bond donors (Lipinski definition) is 2. The van der Waals surface area contributed by atoms with E-state index in [-0.39, 0.29) is 13.2 Å². The fraction of sp³-hybridized carbons (Fsp3) is 0.889. The van der Waals surface area contributed by atoms with Crippen molar-refractivity contribution in [2.45, 2.75) is 32.7 Å². The molecule has 0 aromatic heterocycles. The van der Waals surface area contributed by atoms with E-state index in [4.69, 9.17) is 5.11 Å². The highest BCUT2D eigenvalue weighted by molar-refractivity contribution is 7.90. The Labute approximate surface area is 96.0 Å². The molecule has 0 saturated carbocycles. The van der Waals surface area contributed by atoms with E-state index in [0.717, 1.165) is 0 Å².